The first-order chi connectivity index (χ1) is 16.4. The lowest BCUT2D eigenvalue weighted by molar-refractivity contribution is -0.0648. The highest BCUT2D eigenvalue weighted by molar-refractivity contribution is 6.31. The number of aliphatic imine (C=N–C) groups is 1. The summed E-state index contributed by atoms with van der Waals surface area (Å²) in [7, 11) is 0. The molecule has 0 unspecified atom stereocenters. The zero-order chi connectivity index (χ0) is 23.5. The Morgan fingerprint density at radius 2 is 1.97 bits per heavy atom. The molecular weight excluding hydrogens is 457 g/mol. The maximum Gasteiger partial charge on any atom is 0.283 e. The molecule has 4 heterocycles. The summed E-state index contributed by atoms with van der Waals surface area (Å²) in [5, 5.41) is 0.0518. The molecule has 3 aliphatic rings. The maximum absolute atomic E-state index is 14.8. The molecule has 6 nitrogen and oxygen atoms in total. The zero-order valence-electron chi connectivity index (χ0n) is 18.2. The maximum atomic E-state index is 14.8. The van der Waals surface area contributed by atoms with Crippen molar-refractivity contribution in [2.24, 2.45) is 16.1 Å². The molecule has 1 fully saturated rings. The lowest BCUT2D eigenvalue weighted by atomic mass is 9.81. The molecule has 170 valence electrons. The molecule has 0 saturated carbocycles. The van der Waals surface area contributed by atoms with Crippen molar-refractivity contribution in [3.05, 3.63) is 76.2 Å². The standard InChI is InChI=1S/C26H19ClFN3O3/c1-25(12-32-13-25)8-7-15-9-19-23(30-11-15)34-21-6-5-16(17-3-2-4-20(27)22(17)28)10-18(21)26(19)14-33-24(29)31-26/h2-6,9-11H,12-14H2,1H3,(H2,29,31)/t26-/m0/s1. The third-order valence-electron chi connectivity index (χ3n) is 6.27. The van der Waals surface area contributed by atoms with E-state index in [0.29, 0.717) is 47.1 Å². The fourth-order valence-corrected chi connectivity index (χ4v) is 4.57. The van der Waals surface area contributed by atoms with Gasteiger partial charge in [0.25, 0.3) is 6.02 Å². The molecule has 2 aromatic carbocycles. The SMILES string of the molecule is CC1(C#Cc2cnc3c(c2)[C@]2(COC(N)=N2)c2cc(-c4cccc(Cl)c4F)ccc2O3)COC1. The van der Waals surface area contributed by atoms with E-state index in [2.05, 4.69) is 28.7 Å². The second-order valence-electron chi connectivity index (χ2n) is 8.89. The molecular formula is C26H19ClFN3O3. The molecule has 0 radical (unpaired) electrons. The van der Waals surface area contributed by atoms with Crippen LogP contribution in [0.25, 0.3) is 11.1 Å². The lowest BCUT2D eigenvalue weighted by Crippen LogP contribution is -2.38. The summed E-state index contributed by atoms with van der Waals surface area (Å²) in [4.78, 5) is 9.19. The number of amidine groups is 1. The quantitative estimate of drug-likeness (QED) is 0.519. The van der Waals surface area contributed by atoms with E-state index < -0.39 is 11.4 Å². The molecule has 0 amide bonds. The predicted molar refractivity (Wildman–Crippen MR) is 125 cm³/mol. The molecule has 1 aromatic heterocycles. The molecule has 3 aliphatic heterocycles. The van der Waals surface area contributed by atoms with Gasteiger partial charge in [0.1, 0.15) is 18.2 Å². The number of halogens is 2. The van der Waals surface area contributed by atoms with Gasteiger partial charge in [0.2, 0.25) is 5.88 Å². The van der Waals surface area contributed by atoms with Crippen molar-refractivity contribution in [2.45, 2.75) is 12.5 Å². The van der Waals surface area contributed by atoms with Crippen LogP contribution in [0.5, 0.6) is 11.6 Å². The van der Waals surface area contributed by atoms with Crippen molar-refractivity contribution in [1.82, 2.24) is 4.98 Å². The molecule has 8 heteroatoms. The minimum absolute atomic E-state index is 0.0518. The first-order valence-electron chi connectivity index (χ1n) is 10.7. The van der Waals surface area contributed by atoms with Gasteiger partial charge in [-0.2, -0.15) is 0 Å². The Balaban J connectivity index is 1.50. The van der Waals surface area contributed by atoms with E-state index >= 15 is 0 Å². The Labute approximate surface area is 200 Å². The number of nitrogens with two attached hydrogens (primary N) is 1. The summed E-state index contributed by atoms with van der Waals surface area (Å²) in [6, 6.07) is 12.2. The van der Waals surface area contributed by atoms with Gasteiger partial charge in [-0.15, -0.1) is 0 Å². The van der Waals surface area contributed by atoms with Gasteiger partial charge in [0.15, 0.2) is 5.54 Å². The summed E-state index contributed by atoms with van der Waals surface area (Å²) < 4.78 is 31.8. The summed E-state index contributed by atoms with van der Waals surface area (Å²) in [6.07, 6.45) is 1.67. The van der Waals surface area contributed by atoms with E-state index in [0.717, 1.165) is 5.56 Å². The van der Waals surface area contributed by atoms with Gasteiger partial charge in [0, 0.05) is 22.9 Å². The molecule has 3 aromatic rings. The fraction of sp³-hybridized carbons (Fsp3) is 0.231. The molecule has 34 heavy (non-hydrogen) atoms. The van der Waals surface area contributed by atoms with Crippen molar-refractivity contribution in [2.75, 3.05) is 19.8 Å². The first-order valence-corrected chi connectivity index (χ1v) is 11.1. The van der Waals surface area contributed by atoms with Gasteiger partial charge >= 0.3 is 0 Å². The smallest absolute Gasteiger partial charge is 0.283 e. The minimum Gasteiger partial charge on any atom is -0.462 e. The minimum atomic E-state index is -0.994. The van der Waals surface area contributed by atoms with Crippen LogP contribution in [0.4, 0.5) is 4.39 Å². The topological polar surface area (TPSA) is 79.0 Å². The molecule has 1 saturated heterocycles. The van der Waals surface area contributed by atoms with Crippen molar-refractivity contribution in [3.63, 3.8) is 0 Å². The summed E-state index contributed by atoms with van der Waals surface area (Å²) >= 11 is 6.02. The Bertz CT molecular complexity index is 1440. The number of nitrogens with zero attached hydrogens (tertiary/aromatic N) is 2. The monoisotopic (exact) mass is 475 g/mol. The van der Waals surface area contributed by atoms with Gasteiger partial charge < -0.3 is 19.9 Å². The average molecular weight is 476 g/mol. The van der Waals surface area contributed by atoms with Crippen molar-refractivity contribution in [1.29, 1.82) is 0 Å². The zero-order valence-corrected chi connectivity index (χ0v) is 18.9. The Kier molecular flexibility index (Phi) is 4.60. The van der Waals surface area contributed by atoms with Crippen LogP contribution in [0.1, 0.15) is 23.6 Å². The lowest BCUT2D eigenvalue weighted by Gasteiger charge is -2.33. The highest BCUT2D eigenvalue weighted by Crippen LogP contribution is 2.51. The average Bonchev–Trinajstić information content (AvgIpc) is 3.21. The van der Waals surface area contributed by atoms with Crippen LogP contribution >= 0.6 is 11.6 Å². The Morgan fingerprint density at radius 1 is 1.12 bits per heavy atom. The number of fused-ring (bicyclic) bond motifs is 4. The molecule has 0 bridgehead atoms. The van der Waals surface area contributed by atoms with E-state index in [1.165, 1.54) is 6.07 Å². The summed E-state index contributed by atoms with van der Waals surface area (Å²) in [5.41, 5.74) is 7.93. The van der Waals surface area contributed by atoms with Crippen LogP contribution in [0.2, 0.25) is 5.02 Å². The Morgan fingerprint density at radius 3 is 2.71 bits per heavy atom. The normalized spacial score (nSPS) is 21.2. The fourth-order valence-electron chi connectivity index (χ4n) is 4.39. The number of benzene rings is 2. The largest absolute Gasteiger partial charge is 0.462 e. The highest BCUT2D eigenvalue weighted by Gasteiger charge is 2.48. The second kappa shape index (κ2) is 7.45. The summed E-state index contributed by atoms with van der Waals surface area (Å²) in [5.74, 6) is 6.92. The van der Waals surface area contributed by atoms with E-state index in [9.17, 15) is 4.39 Å². The number of pyridine rings is 1. The van der Waals surface area contributed by atoms with Gasteiger partial charge in [0.05, 0.1) is 29.2 Å². The van der Waals surface area contributed by atoms with Gasteiger partial charge in [-0.05, 0) is 36.8 Å². The third-order valence-corrected chi connectivity index (χ3v) is 6.56. The van der Waals surface area contributed by atoms with Crippen LogP contribution in [0.15, 0.2) is 53.7 Å². The molecule has 2 N–H and O–H groups in total. The van der Waals surface area contributed by atoms with Crippen molar-refractivity contribution >= 4 is 17.6 Å². The number of rotatable bonds is 1. The Hall–Kier alpha value is -3.60. The van der Waals surface area contributed by atoms with E-state index in [4.69, 9.17) is 31.5 Å². The van der Waals surface area contributed by atoms with Crippen molar-refractivity contribution in [3.8, 4) is 34.6 Å². The second-order valence-corrected chi connectivity index (χ2v) is 9.30. The first kappa shape index (κ1) is 21.0. The van der Waals surface area contributed by atoms with Crippen LogP contribution < -0.4 is 10.5 Å². The summed E-state index contributed by atoms with van der Waals surface area (Å²) in [6.45, 7) is 3.43. The third kappa shape index (κ3) is 3.22. The van der Waals surface area contributed by atoms with E-state index in [1.807, 2.05) is 12.1 Å². The molecule has 0 aliphatic carbocycles. The van der Waals surface area contributed by atoms with E-state index in [-0.39, 0.29) is 23.1 Å². The molecule has 6 rings (SSSR count). The van der Waals surface area contributed by atoms with Gasteiger partial charge in [-0.1, -0.05) is 41.6 Å². The number of aromatic nitrogens is 1. The van der Waals surface area contributed by atoms with Crippen LogP contribution in [0, 0.1) is 23.1 Å². The van der Waals surface area contributed by atoms with Crippen LogP contribution in [-0.4, -0.2) is 30.8 Å². The van der Waals surface area contributed by atoms with Crippen LogP contribution in [-0.2, 0) is 15.0 Å². The van der Waals surface area contributed by atoms with E-state index in [1.54, 1.807) is 30.5 Å². The predicted octanol–water partition coefficient (Wildman–Crippen LogP) is 4.62. The van der Waals surface area contributed by atoms with Gasteiger partial charge in [-0.25, -0.2) is 14.4 Å². The number of hydrogen-bond acceptors (Lipinski definition) is 6. The van der Waals surface area contributed by atoms with Gasteiger partial charge in [-0.3, -0.25) is 0 Å². The number of hydrogen-bond donors (Lipinski definition) is 1. The highest BCUT2D eigenvalue weighted by atomic mass is 35.5. The molecule has 1 spiro atoms. The van der Waals surface area contributed by atoms with Crippen LogP contribution in [0.3, 0.4) is 0 Å². The van der Waals surface area contributed by atoms with Crippen molar-refractivity contribution < 1.29 is 18.6 Å². The molecule has 1 atom stereocenters. The number of ether oxygens (including phenoxy) is 3.